The first-order valence-electron chi connectivity index (χ1n) is 18.1. The second-order valence-corrected chi connectivity index (χ2v) is 14.1. The molecule has 0 radical (unpaired) electrons. The second-order valence-electron chi connectivity index (χ2n) is 14.1. The Bertz CT molecular complexity index is 2210. The van der Waals surface area contributed by atoms with Crippen molar-refractivity contribution in [2.24, 2.45) is 11.1 Å². The average Bonchev–Trinajstić information content (AvgIpc) is 3.43. The Kier molecular flexibility index (Phi) is 10.9. The molecule has 0 aliphatic carbocycles. The van der Waals surface area contributed by atoms with E-state index in [1.807, 2.05) is 18.2 Å². The third-order valence-corrected chi connectivity index (χ3v) is 10.4. The molecule has 6 rings (SSSR count). The molecular formula is C44H46F4N2O2. The fourth-order valence-electron chi connectivity index (χ4n) is 7.59. The molecule has 6 aromatic rings. The largest absolute Gasteiger partial charge is 0.487 e. The van der Waals surface area contributed by atoms with Gasteiger partial charge in [0.2, 0.25) is 0 Å². The molecule has 1 aromatic heterocycles. The highest BCUT2D eigenvalue weighted by Crippen LogP contribution is 2.39. The maximum absolute atomic E-state index is 13.5. The maximum Gasteiger partial charge on any atom is 0.340 e. The van der Waals surface area contributed by atoms with Crippen LogP contribution in [-0.4, -0.2) is 34.4 Å². The molecule has 1 N–H and O–H groups in total. The molecule has 1 heterocycles. The summed E-state index contributed by atoms with van der Waals surface area (Å²) in [7, 11) is 0. The maximum atomic E-state index is 13.5. The van der Waals surface area contributed by atoms with Gasteiger partial charge in [0.1, 0.15) is 11.5 Å². The Hall–Kier alpha value is -4.85. The van der Waals surface area contributed by atoms with Crippen LogP contribution in [-0.2, 0) is 13.0 Å². The van der Waals surface area contributed by atoms with Gasteiger partial charge in [-0.05, 0) is 110 Å². The Morgan fingerprint density at radius 2 is 1.54 bits per heavy atom. The van der Waals surface area contributed by atoms with E-state index in [0.29, 0.717) is 22.8 Å². The lowest BCUT2D eigenvalue weighted by Gasteiger charge is -2.19. The molecule has 0 spiro atoms. The quantitative estimate of drug-likeness (QED) is 0.0529. The van der Waals surface area contributed by atoms with E-state index in [0.717, 1.165) is 64.8 Å². The van der Waals surface area contributed by atoms with Gasteiger partial charge in [-0.3, -0.25) is 0 Å². The minimum absolute atomic E-state index is 0.00452. The highest BCUT2D eigenvalue weighted by atomic mass is 19.3. The Balaban J connectivity index is 1.51. The Morgan fingerprint density at radius 3 is 2.17 bits per heavy atom. The number of halogens is 4. The van der Waals surface area contributed by atoms with Crippen LogP contribution in [0.2, 0.25) is 0 Å². The summed E-state index contributed by atoms with van der Waals surface area (Å²) in [5, 5.41) is 18.4. The lowest BCUT2D eigenvalue weighted by atomic mass is 9.92. The van der Waals surface area contributed by atoms with Crippen LogP contribution >= 0.6 is 0 Å². The normalized spacial score (nSPS) is 13.2. The van der Waals surface area contributed by atoms with Crippen molar-refractivity contribution >= 4 is 38.3 Å². The number of hydrogen-bond acceptors (Lipinski definition) is 3. The van der Waals surface area contributed by atoms with Gasteiger partial charge >= 0.3 is 12.3 Å². The first-order valence-corrected chi connectivity index (χ1v) is 18.1. The summed E-state index contributed by atoms with van der Waals surface area (Å²) >= 11 is 0. The van der Waals surface area contributed by atoms with E-state index in [4.69, 9.17) is 4.74 Å². The fraction of sp³-hybridized carbons (Fsp3) is 0.341. The number of aromatic nitrogens is 1. The fourth-order valence-corrected chi connectivity index (χ4v) is 7.59. The van der Waals surface area contributed by atoms with Crippen LogP contribution in [0.1, 0.15) is 78.5 Å². The molecule has 1 atom stereocenters. The number of alkyl halides is 4. The van der Waals surface area contributed by atoms with E-state index in [1.165, 1.54) is 46.4 Å². The predicted octanol–water partition coefficient (Wildman–Crippen LogP) is 12.2. The van der Waals surface area contributed by atoms with Gasteiger partial charge in [0.15, 0.2) is 6.61 Å². The highest BCUT2D eigenvalue weighted by molar-refractivity contribution is 6.27. The number of rotatable bonds is 14. The minimum atomic E-state index is -4.27. The smallest absolute Gasteiger partial charge is 0.340 e. The van der Waals surface area contributed by atoms with E-state index >= 15 is 0 Å². The molecule has 52 heavy (non-hydrogen) atoms. The van der Waals surface area contributed by atoms with Gasteiger partial charge in [0.25, 0.3) is 0 Å². The molecule has 8 heteroatoms. The van der Waals surface area contributed by atoms with E-state index in [1.54, 1.807) is 12.1 Å². The van der Waals surface area contributed by atoms with Crippen molar-refractivity contribution in [3.8, 4) is 5.75 Å². The third kappa shape index (κ3) is 7.39. The van der Waals surface area contributed by atoms with Crippen LogP contribution in [0.3, 0.4) is 0 Å². The molecular weight excluding hydrogens is 664 g/mol. The number of fused-ring (bicyclic) bond motifs is 5. The molecule has 0 aliphatic heterocycles. The zero-order valence-corrected chi connectivity index (χ0v) is 30.4. The lowest BCUT2D eigenvalue weighted by molar-refractivity contribution is -0.148. The van der Waals surface area contributed by atoms with Crippen LogP contribution in [0.5, 0.6) is 5.75 Å². The van der Waals surface area contributed by atoms with E-state index < -0.39 is 19.0 Å². The topological polar surface area (TPSA) is 46.8 Å². The summed E-state index contributed by atoms with van der Waals surface area (Å²) in [5.74, 6) is -3.76. The molecule has 5 aromatic carbocycles. The molecule has 4 nitrogen and oxygen atoms in total. The summed E-state index contributed by atoms with van der Waals surface area (Å²) in [6, 6.07) is 27.5. The Morgan fingerprint density at radius 1 is 0.846 bits per heavy atom. The predicted molar refractivity (Wildman–Crippen MR) is 204 cm³/mol. The number of ether oxygens (including phenoxy) is 1. The molecule has 0 fully saturated rings. The minimum Gasteiger partial charge on any atom is -0.487 e. The zero-order valence-electron chi connectivity index (χ0n) is 30.4. The summed E-state index contributed by atoms with van der Waals surface area (Å²) in [4.78, 5) is 0. The molecule has 272 valence electrons. The van der Waals surface area contributed by atoms with Gasteiger partial charge in [-0.25, -0.2) is 8.78 Å². The number of benzene rings is 5. The standard InChI is InChI=1S/C44H46F4N2O2/c1-6-8-11-30(7-2)25-50-40-19-14-31(22-36-28(4)20-27(3)21-29(36)5)23-37(40)39-24-38(34-12-9-10-13-35(34)42(39)50)41(49-51)32-15-17-33(18-16-32)52-26-44(47,48)43(45)46/h9-10,12-21,23-24,30,43,51H,6-8,11,22,25-26H2,1-5H3. The van der Waals surface area contributed by atoms with Crippen molar-refractivity contribution in [3.63, 3.8) is 0 Å². The first-order chi connectivity index (χ1) is 24.9. The summed E-state index contributed by atoms with van der Waals surface area (Å²) in [5.41, 5.74) is 10.1. The average molecular weight is 711 g/mol. The molecule has 0 saturated carbocycles. The van der Waals surface area contributed by atoms with Crippen molar-refractivity contribution in [2.75, 3.05) is 6.61 Å². The first kappa shape index (κ1) is 36.9. The van der Waals surface area contributed by atoms with Crippen LogP contribution < -0.4 is 4.74 Å². The van der Waals surface area contributed by atoms with Crippen LogP contribution in [0.4, 0.5) is 17.6 Å². The van der Waals surface area contributed by atoms with E-state index in [-0.39, 0.29) is 5.75 Å². The van der Waals surface area contributed by atoms with Crippen LogP contribution in [0.25, 0.3) is 32.6 Å². The zero-order chi connectivity index (χ0) is 37.2. The van der Waals surface area contributed by atoms with E-state index in [2.05, 4.69) is 86.8 Å². The third-order valence-electron chi connectivity index (χ3n) is 10.4. The summed E-state index contributed by atoms with van der Waals surface area (Å²) < 4.78 is 59.8. The molecule has 1 unspecified atom stereocenters. The molecule has 0 saturated heterocycles. The summed E-state index contributed by atoms with van der Waals surface area (Å²) in [6.07, 6.45) is 1.52. The van der Waals surface area contributed by atoms with E-state index in [9.17, 15) is 22.8 Å². The monoisotopic (exact) mass is 710 g/mol. The number of unbranched alkanes of at least 4 members (excludes halogenated alkanes) is 1. The van der Waals surface area contributed by atoms with Crippen LogP contribution in [0.15, 0.2) is 90.1 Å². The Labute approximate surface area is 302 Å². The second kappa shape index (κ2) is 15.4. The number of hydrogen-bond donors (Lipinski definition) is 1. The van der Waals surface area contributed by atoms with Crippen molar-refractivity contribution in [3.05, 3.63) is 124 Å². The number of nitrogens with zero attached hydrogens (tertiary/aromatic N) is 2. The number of oxime groups is 1. The van der Waals surface area contributed by atoms with Gasteiger partial charge in [-0.15, -0.1) is 0 Å². The molecule has 0 aliphatic rings. The van der Waals surface area contributed by atoms with Crippen molar-refractivity contribution < 1.29 is 27.5 Å². The van der Waals surface area contributed by atoms with Gasteiger partial charge < -0.3 is 14.5 Å². The van der Waals surface area contributed by atoms with Crippen molar-refractivity contribution in [2.45, 2.75) is 85.6 Å². The van der Waals surface area contributed by atoms with Crippen molar-refractivity contribution in [1.82, 2.24) is 4.57 Å². The van der Waals surface area contributed by atoms with Gasteiger partial charge in [0, 0.05) is 39.3 Å². The number of aryl methyl sites for hydroxylation is 3. The molecule has 0 amide bonds. The van der Waals surface area contributed by atoms with Crippen LogP contribution in [0, 0.1) is 26.7 Å². The molecule has 0 bridgehead atoms. The summed E-state index contributed by atoms with van der Waals surface area (Å²) in [6.45, 7) is 10.4. The van der Waals surface area contributed by atoms with Gasteiger partial charge in [-0.1, -0.05) is 86.3 Å². The van der Waals surface area contributed by atoms with Gasteiger partial charge in [0.05, 0.1) is 5.52 Å². The lowest BCUT2D eigenvalue weighted by Crippen LogP contribution is -2.33. The van der Waals surface area contributed by atoms with Gasteiger partial charge in [-0.2, -0.15) is 8.78 Å². The highest BCUT2D eigenvalue weighted by Gasteiger charge is 2.41. The SMILES string of the molecule is CCCCC(CC)Cn1c2ccc(Cc3c(C)cc(C)cc3C)cc2c2cc(C(=NO)c3ccc(OCC(F)(F)C(F)F)cc3)c3ccccc3c21. The van der Waals surface area contributed by atoms with Crippen molar-refractivity contribution in [1.29, 1.82) is 0 Å².